The number of nitrogens with two attached hydrogens (primary N) is 1. The molecule has 0 aliphatic carbocycles. The molecule has 3 heterocycles. The first kappa shape index (κ1) is 31.0. The van der Waals surface area contributed by atoms with Crippen molar-refractivity contribution in [3.8, 4) is 0 Å². The topological polar surface area (TPSA) is 223 Å². The Morgan fingerprint density at radius 3 is 2.27 bits per heavy atom. The number of unbranched alkanes of at least 4 members (excludes halogenated alkanes) is 8. The summed E-state index contributed by atoms with van der Waals surface area (Å²) >= 11 is 0. The van der Waals surface area contributed by atoms with Crippen molar-refractivity contribution in [2.75, 3.05) is 12.3 Å². The molecule has 0 radical (unpaired) electrons. The number of aromatic nitrogens is 4. The Balaban J connectivity index is 0.000000298. The molecular weight excluding hydrogens is 509 g/mol. The highest BCUT2D eigenvalue weighted by Gasteiger charge is 2.45. The number of rotatable bonds is 14. The van der Waals surface area contributed by atoms with E-state index in [9.17, 15) is 19.6 Å². The molecule has 0 bridgehead atoms. The maximum Gasteiger partial charge on any atom is 0.469 e. The molecule has 0 aromatic carbocycles. The van der Waals surface area contributed by atoms with Crippen LogP contribution < -0.4 is 5.73 Å². The fraction of sp³-hybridized carbons (Fsp3) is 0.727. The van der Waals surface area contributed by atoms with E-state index >= 15 is 0 Å². The minimum absolute atomic E-state index is 0.142. The standard InChI is InChI=1S/C12H24O2.C10H14N5O7P/c1-2-3-4-5-6-7-8-9-10-11-12(13)14;11-8-5-9(13-2-12-8)15(3-14-5)10-7(17)6(16)4(22-10)1-21-23(18,19)20/h2-11H2,1H3,(H,13,14);2-4,6-7,10,16-17H,1H2,(H2,11,12,13)(H2,18,19,20)/t;4-,6-,7-,10-/m.1/s1. The largest absolute Gasteiger partial charge is 0.481 e. The molecule has 1 aliphatic rings. The van der Waals surface area contributed by atoms with Gasteiger partial charge >= 0.3 is 13.8 Å². The summed E-state index contributed by atoms with van der Waals surface area (Å²) in [5, 5.41) is 28.5. The third kappa shape index (κ3) is 10.2. The lowest BCUT2D eigenvalue weighted by Gasteiger charge is -2.16. The van der Waals surface area contributed by atoms with E-state index in [-0.39, 0.29) is 11.5 Å². The predicted octanol–water partition coefficient (Wildman–Crippen LogP) is 2.13. The van der Waals surface area contributed by atoms with Gasteiger partial charge in [-0.1, -0.05) is 58.3 Å². The molecule has 2 aromatic heterocycles. The molecule has 210 valence electrons. The van der Waals surface area contributed by atoms with E-state index in [1.807, 2.05) is 0 Å². The first-order valence-corrected chi connectivity index (χ1v) is 13.9. The van der Waals surface area contributed by atoms with Crippen LogP contribution in [0.2, 0.25) is 0 Å². The molecule has 1 saturated heterocycles. The number of hydrogen-bond acceptors (Lipinski definition) is 10. The SMILES string of the molecule is CCCCCCCCCCCC(=O)O.Nc1ncnc2c1ncn2[C@@H]1O[C@H](COP(=O)(O)O)[C@@H](O)[C@H]1O. The van der Waals surface area contributed by atoms with Crippen LogP contribution in [0, 0.1) is 0 Å². The minimum Gasteiger partial charge on any atom is -0.481 e. The van der Waals surface area contributed by atoms with E-state index in [2.05, 4.69) is 26.4 Å². The number of aliphatic hydroxyl groups is 2. The van der Waals surface area contributed by atoms with E-state index in [4.69, 9.17) is 25.4 Å². The van der Waals surface area contributed by atoms with E-state index in [0.717, 1.165) is 12.8 Å². The third-order valence-corrected chi connectivity index (χ3v) is 6.39. The molecule has 1 aliphatic heterocycles. The molecule has 7 N–H and O–H groups in total. The molecular formula is C22H38N5O9P. The number of fused-ring (bicyclic) bond motifs is 1. The van der Waals surface area contributed by atoms with Crippen molar-refractivity contribution in [2.45, 2.75) is 95.7 Å². The van der Waals surface area contributed by atoms with Gasteiger partial charge in [0, 0.05) is 6.42 Å². The quantitative estimate of drug-likeness (QED) is 0.147. The maximum absolute atomic E-state index is 10.7. The van der Waals surface area contributed by atoms with Gasteiger partial charge in [0.25, 0.3) is 0 Å². The van der Waals surface area contributed by atoms with Gasteiger partial charge in [-0.25, -0.2) is 19.5 Å². The highest BCUT2D eigenvalue weighted by molar-refractivity contribution is 7.46. The Hall–Kier alpha value is -2.19. The number of anilines is 1. The number of hydrogen-bond donors (Lipinski definition) is 6. The number of carbonyl (C=O) groups is 1. The number of phosphoric ester groups is 1. The number of nitrogens with zero attached hydrogens (tertiary/aromatic N) is 4. The van der Waals surface area contributed by atoms with E-state index in [1.54, 1.807) is 0 Å². The van der Waals surface area contributed by atoms with Gasteiger partial charge in [0.1, 0.15) is 30.2 Å². The lowest BCUT2D eigenvalue weighted by atomic mass is 10.1. The molecule has 14 nitrogen and oxygen atoms in total. The number of imidazole rings is 1. The fourth-order valence-electron chi connectivity index (χ4n) is 3.91. The Labute approximate surface area is 215 Å². The van der Waals surface area contributed by atoms with Crippen LogP contribution in [0.4, 0.5) is 5.82 Å². The summed E-state index contributed by atoms with van der Waals surface area (Å²) in [6, 6.07) is 0. The molecule has 0 amide bonds. The van der Waals surface area contributed by atoms with Gasteiger partial charge in [-0.2, -0.15) is 0 Å². The minimum atomic E-state index is -4.72. The zero-order valence-corrected chi connectivity index (χ0v) is 21.8. The zero-order valence-electron chi connectivity index (χ0n) is 20.9. The van der Waals surface area contributed by atoms with Crippen LogP contribution in [-0.2, 0) is 18.6 Å². The summed E-state index contributed by atoms with van der Waals surface area (Å²) in [5.74, 6) is -0.517. The van der Waals surface area contributed by atoms with Gasteiger partial charge in [0.05, 0.1) is 12.9 Å². The number of ether oxygens (including phenoxy) is 1. The van der Waals surface area contributed by atoms with Crippen LogP contribution in [0.25, 0.3) is 11.2 Å². The number of phosphoric acid groups is 1. The Morgan fingerprint density at radius 2 is 1.68 bits per heavy atom. The Kier molecular flexibility index (Phi) is 12.8. The number of aliphatic hydroxyl groups excluding tert-OH is 2. The molecule has 2 aromatic rings. The van der Waals surface area contributed by atoms with Crippen molar-refractivity contribution in [2.24, 2.45) is 0 Å². The molecule has 1 fully saturated rings. The van der Waals surface area contributed by atoms with Gasteiger partial charge in [-0.3, -0.25) is 13.9 Å². The number of nitrogen functional groups attached to an aromatic ring is 1. The molecule has 0 unspecified atom stereocenters. The van der Waals surface area contributed by atoms with Crippen LogP contribution in [0.15, 0.2) is 12.7 Å². The van der Waals surface area contributed by atoms with Gasteiger partial charge in [0.15, 0.2) is 17.7 Å². The summed E-state index contributed by atoms with van der Waals surface area (Å²) in [5.41, 5.74) is 6.25. The fourth-order valence-corrected chi connectivity index (χ4v) is 4.25. The van der Waals surface area contributed by atoms with Crippen molar-refractivity contribution >= 4 is 30.8 Å². The number of aliphatic carboxylic acids is 1. The normalized spacial score (nSPS) is 21.6. The molecule has 3 rings (SSSR count). The molecule has 37 heavy (non-hydrogen) atoms. The van der Waals surface area contributed by atoms with E-state index < -0.39 is 44.9 Å². The number of carboxylic acid groups (broad SMARTS) is 1. The smallest absolute Gasteiger partial charge is 0.469 e. The zero-order chi connectivity index (χ0) is 27.4. The van der Waals surface area contributed by atoms with Gasteiger partial charge in [-0.15, -0.1) is 0 Å². The first-order chi connectivity index (χ1) is 17.5. The van der Waals surface area contributed by atoms with E-state index in [1.165, 1.54) is 62.2 Å². The van der Waals surface area contributed by atoms with Crippen molar-refractivity contribution < 1.29 is 43.7 Å². The van der Waals surface area contributed by atoms with Crippen LogP contribution in [-0.4, -0.2) is 75.5 Å². The average Bonchev–Trinajstić information content (AvgIpc) is 3.38. The summed E-state index contributed by atoms with van der Waals surface area (Å²) in [6.07, 6.45) is 8.99. The maximum atomic E-state index is 10.7. The monoisotopic (exact) mass is 547 g/mol. The highest BCUT2D eigenvalue weighted by Crippen LogP contribution is 2.38. The van der Waals surface area contributed by atoms with Crippen LogP contribution in [0.5, 0.6) is 0 Å². The van der Waals surface area contributed by atoms with Crippen molar-refractivity contribution in [3.63, 3.8) is 0 Å². The highest BCUT2D eigenvalue weighted by atomic mass is 31.2. The van der Waals surface area contributed by atoms with E-state index in [0.29, 0.717) is 11.9 Å². The molecule has 15 heteroatoms. The first-order valence-electron chi connectivity index (χ1n) is 12.4. The molecule has 4 atom stereocenters. The predicted molar refractivity (Wildman–Crippen MR) is 133 cm³/mol. The van der Waals surface area contributed by atoms with Gasteiger partial charge in [0.2, 0.25) is 0 Å². The van der Waals surface area contributed by atoms with Crippen LogP contribution in [0.1, 0.15) is 77.4 Å². The second-order valence-electron chi connectivity index (χ2n) is 8.89. The number of carboxylic acids is 1. The second kappa shape index (κ2) is 15.3. The second-order valence-corrected chi connectivity index (χ2v) is 10.1. The summed E-state index contributed by atoms with van der Waals surface area (Å²) in [6.45, 7) is 1.63. The third-order valence-electron chi connectivity index (χ3n) is 5.90. The van der Waals surface area contributed by atoms with Crippen molar-refractivity contribution in [3.05, 3.63) is 12.7 Å². The average molecular weight is 548 g/mol. The van der Waals surface area contributed by atoms with Gasteiger partial charge in [-0.05, 0) is 6.42 Å². The van der Waals surface area contributed by atoms with Crippen LogP contribution >= 0.6 is 7.82 Å². The summed E-state index contributed by atoms with van der Waals surface area (Å²) in [4.78, 5) is 39.4. The van der Waals surface area contributed by atoms with Gasteiger partial charge < -0.3 is 35.6 Å². The lowest BCUT2D eigenvalue weighted by Crippen LogP contribution is -2.33. The molecule has 0 spiro atoms. The van der Waals surface area contributed by atoms with Crippen molar-refractivity contribution in [1.82, 2.24) is 19.5 Å². The summed E-state index contributed by atoms with van der Waals surface area (Å²) in [7, 11) is -4.72. The Morgan fingerprint density at radius 1 is 1.05 bits per heavy atom. The van der Waals surface area contributed by atoms with Crippen LogP contribution in [0.3, 0.4) is 0 Å². The Bertz CT molecular complexity index is 1020. The molecule has 0 saturated carbocycles. The summed E-state index contributed by atoms with van der Waals surface area (Å²) < 4.78 is 21.8. The van der Waals surface area contributed by atoms with Crippen molar-refractivity contribution in [1.29, 1.82) is 0 Å². The lowest BCUT2D eigenvalue weighted by molar-refractivity contribution is -0.137.